The van der Waals surface area contributed by atoms with E-state index in [0.29, 0.717) is 27.6 Å². The molecule has 0 radical (unpaired) electrons. The van der Waals surface area contributed by atoms with Crippen molar-refractivity contribution >= 4 is 51.5 Å². The Bertz CT molecular complexity index is 1760. The number of halogens is 4. The number of thioether (sulfide) groups is 1. The summed E-state index contributed by atoms with van der Waals surface area (Å²) in [4.78, 5) is 11.1. The minimum Gasteiger partial charge on any atom is -0.406 e. The molecule has 2 unspecified atom stereocenters. The van der Waals surface area contributed by atoms with E-state index in [9.17, 15) is 13.2 Å². The normalized spacial score (nSPS) is 17.6. The van der Waals surface area contributed by atoms with Crippen LogP contribution in [0.4, 0.5) is 18.9 Å². The highest BCUT2D eigenvalue weighted by Crippen LogP contribution is 2.43. The predicted octanol–water partition coefficient (Wildman–Crippen LogP) is 7.54. The van der Waals surface area contributed by atoms with Crippen LogP contribution in [0.15, 0.2) is 89.8 Å². The van der Waals surface area contributed by atoms with Gasteiger partial charge >= 0.3 is 6.36 Å². The van der Waals surface area contributed by atoms with E-state index in [2.05, 4.69) is 54.6 Å². The Kier molecular flexibility index (Phi) is 8.38. The van der Waals surface area contributed by atoms with Gasteiger partial charge in [0.1, 0.15) is 12.1 Å². The van der Waals surface area contributed by atoms with Crippen LogP contribution < -0.4 is 20.5 Å². The van der Waals surface area contributed by atoms with Gasteiger partial charge in [0.2, 0.25) is 5.11 Å². The van der Waals surface area contributed by atoms with E-state index >= 15 is 0 Å². The molecule has 4 aromatic rings. The number of ether oxygens (including phenoxy) is 1. The summed E-state index contributed by atoms with van der Waals surface area (Å²) < 4.78 is 42.7. The maximum atomic E-state index is 12.4. The van der Waals surface area contributed by atoms with Gasteiger partial charge < -0.3 is 4.74 Å². The van der Waals surface area contributed by atoms with Crippen molar-refractivity contribution < 1.29 is 17.9 Å². The second-order valence-corrected chi connectivity index (χ2v) is 11.9. The molecular weight excluding hydrogens is 631 g/mol. The van der Waals surface area contributed by atoms with Crippen molar-refractivity contribution in [1.29, 1.82) is 0 Å². The lowest BCUT2D eigenvalue weighted by Crippen LogP contribution is -2.38. The van der Waals surface area contributed by atoms with Gasteiger partial charge in [0, 0.05) is 34.0 Å². The van der Waals surface area contributed by atoms with Crippen molar-refractivity contribution in [2.45, 2.75) is 32.2 Å². The number of thiocarbonyl (C=S) groups is 1. The number of aliphatic imine (C=N–C) groups is 1. The SMILES string of the molecule is CC1C=C2CSC(=NC(=S)NNC(C)c3ccc(-c4ncn(-c5ccc(OC(F)(F)F)cc5)n4)cc3)N2c2cc(Cl)ccc21. The summed E-state index contributed by atoms with van der Waals surface area (Å²) in [6.45, 7) is 4.17. The van der Waals surface area contributed by atoms with Gasteiger partial charge in [-0.15, -0.1) is 18.3 Å². The molecule has 3 heterocycles. The molecule has 3 aromatic carbocycles. The number of hydrazine groups is 1. The van der Waals surface area contributed by atoms with E-state index in [0.717, 1.165) is 27.7 Å². The van der Waals surface area contributed by atoms with Crippen molar-refractivity contribution in [2.24, 2.45) is 4.99 Å². The Hall–Kier alpha value is -3.91. The van der Waals surface area contributed by atoms with E-state index in [1.807, 2.05) is 43.3 Å². The molecule has 0 aliphatic carbocycles. The number of rotatable bonds is 6. The first-order chi connectivity index (χ1) is 21.0. The molecule has 6 rings (SSSR count). The second-order valence-electron chi connectivity index (χ2n) is 10.1. The van der Waals surface area contributed by atoms with Gasteiger partial charge in [0.25, 0.3) is 0 Å². The molecule has 2 N–H and O–H groups in total. The molecule has 1 aromatic heterocycles. The van der Waals surface area contributed by atoms with E-state index in [4.69, 9.17) is 23.8 Å². The molecule has 1 fully saturated rings. The zero-order valence-electron chi connectivity index (χ0n) is 23.3. The molecule has 2 atom stereocenters. The number of hydrogen-bond acceptors (Lipinski definition) is 6. The maximum absolute atomic E-state index is 12.4. The summed E-state index contributed by atoms with van der Waals surface area (Å²) in [5, 5.41) is 6.23. The highest BCUT2D eigenvalue weighted by atomic mass is 35.5. The third-order valence-corrected chi connectivity index (χ3v) is 8.48. The summed E-state index contributed by atoms with van der Waals surface area (Å²) in [6, 6.07) is 18.9. The lowest BCUT2D eigenvalue weighted by molar-refractivity contribution is -0.274. The van der Waals surface area contributed by atoms with E-state index < -0.39 is 6.36 Å². The molecule has 14 heteroatoms. The van der Waals surface area contributed by atoms with Gasteiger partial charge in [-0.05, 0) is 66.7 Å². The van der Waals surface area contributed by atoms with Crippen LogP contribution in [0.3, 0.4) is 0 Å². The summed E-state index contributed by atoms with van der Waals surface area (Å²) in [7, 11) is 0. The van der Waals surface area contributed by atoms with Crippen molar-refractivity contribution in [3.8, 4) is 22.8 Å². The molecule has 0 bridgehead atoms. The van der Waals surface area contributed by atoms with Gasteiger partial charge in [-0.25, -0.2) is 15.1 Å². The molecule has 0 spiro atoms. The zero-order valence-corrected chi connectivity index (χ0v) is 25.7. The Labute approximate surface area is 265 Å². The van der Waals surface area contributed by atoms with Gasteiger partial charge in [0.15, 0.2) is 11.0 Å². The number of fused-ring (bicyclic) bond motifs is 3. The van der Waals surface area contributed by atoms with Crippen molar-refractivity contribution in [3.63, 3.8) is 0 Å². The predicted molar refractivity (Wildman–Crippen MR) is 171 cm³/mol. The van der Waals surface area contributed by atoms with Crippen LogP contribution in [0.1, 0.15) is 36.9 Å². The van der Waals surface area contributed by atoms with Crippen LogP contribution >= 0.6 is 35.6 Å². The highest BCUT2D eigenvalue weighted by molar-refractivity contribution is 8.14. The fraction of sp³-hybridized carbons (Fsp3) is 0.200. The molecule has 226 valence electrons. The van der Waals surface area contributed by atoms with Gasteiger partial charge in [-0.1, -0.05) is 66.7 Å². The number of nitrogens with one attached hydrogen (secondary N) is 2. The fourth-order valence-electron chi connectivity index (χ4n) is 4.94. The minimum absolute atomic E-state index is 0.104. The molecule has 44 heavy (non-hydrogen) atoms. The molecule has 0 amide bonds. The first kappa shape index (κ1) is 30.1. The number of hydrogen-bond donors (Lipinski definition) is 2. The van der Waals surface area contributed by atoms with Crippen LogP contribution in [-0.4, -0.2) is 37.2 Å². The lowest BCUT2D eigenvalue weighted by Gasteiger charge is -2.30. The van der Waals surface area contributed by atoms with Crippen LogP contribution in [0.5, 0.6) is 5.75 Å². The number of amidine groups is 1. The van der Waals surface area contributed by atoms with E-state index in [1.165, 1.54) is 46.5 Å². The number of benzene rings is 3. The number of aromatic nitrogens is 3. The quantitative estimate of drug-likeness (QED) is 0.163. The Morgan fingerprint density at radius 1 is 1.14 bits per heavy atom. The van der Waals surface area contributed by atoms with Crippen molar-refractivity contribution in [2.75, 3.05) is 10.7 Å². The average molecular weight is 656 g/mol. The number of anilines is 1. The summed E-state index contributed by atoms with van der Waals surface area (Å²) in [5.41, 5.74) is 12.0. The smallest absolute Gasteiger partial charge is 0.406 e. The van der Waals surface area contributed by atoms with Gasteiger partial charge in [-0.3, -0.25) is 10.3 Å². The van der Waals surface area contributed by atoms with Crippen LogP contribution in [0, 0.1) is 0 Å². The second kappa shape index (κ2) is 12.2. The largest absolute Gasteiger partial charge is 0.573 e. The fourth-order valence-corrected chi connectivity index (χ4v) is 6.31. The Morgan fingerprint density at radius 2 is 1.89 bits per heavy atom. The monoisotopic (exact) mass is 655 g/mol. The van der Waals surface area contributed by atoms with Gasteiger partial charge in [0.05, 0.1) is 11.4 Å². The first-order valence-corrected chi connectivity index (χ1v) is 15.3. The minimum atomic E-state index is -4.75. The van der Waals surface area contributed by atoms with Crippen LogP contribution in [0.2, 0.25) is 5.02 Å². The molecule has 0 saturated carbocycles. The van der Waals surface area contributed by atoms with E-state index in [-0.39, 0.29) is 11.8 Å². The Balaban J connectivity index is 1.07. The summed E-state index contributed by atoms with van der Waals surface area (Å²) >= 11 is 13.5. The maximum Gasteiger partial charge on any atom is 0.573 e. The number of alkyl halides is 3. The summed E-state index contributed by atoms with van der Waals surface area (Å²) in [5.74, 6) is 1.27. The standard InChI is InChI=1S/C30H25ClF3N7OS2/c1-17-13-23-15-44-29(41(23)26-14-21(31)7-12-25(17)26)36-28(43)38-37-18(2)19-3-5-20(6-4-19)27-35-16-40(39-27)22-8-10-24(11-9-22)42-30(32,33)34/h3-14,16-18,37H,15H2,1-2H3,(H,38,43). The average Bonchev–Trinajstić information content (AvgIpc) is 3.63. The zero-order chi connectivity index (χ0) is 31.0. The van der Waals surface area contributed by atoms with E-state index in [1.54, 1.807) is 11.8 Å². The third kappa shape index (κ3) is 6.60. The van der Waals surface area contributed by atoms with Crippen LogP contribution in [-0.2, 0) is 0 Å². The number of allylic oxidation sites excluding steroid dienone is 1. The molecule has 2 aliphatic rings. The first-order valence-electron chi connectivity index (χ1n) is 13.5. The highest BCUT2D eigenvalue weighted by Gasteiger charge is 2.33. The molecular formula is C30H25ClF3N7OS2. The Morgan fingerprint density at radius 3 is 2.61 bits per heavy atom. The third-order valence-electron chi connectivity index (χ3n) is 7.08. The molecule has 1 saturated heterocycles. The topological polar surface area (TPSA) is 79.6 Å². The van der Waals surface area contributed by atoms with Crippen LogP contribution in [0.25, 0.3) is 17.1 Å². The molecule has 2 aliphatic heterocycles. The molecule has 8 nitrogen and oxygen atoms in total. The van der Waals surface area contributed by atoms with Gasteiger partial charge in [-0.2, -0.15) is 4.99 Å². The summed E-state index contributed by atoms with van der Waals surface area (Å²) in [6.07, 6.45) is -0.998. The lowest BCUT2D eigenvalue weighted by atomic mass is 9.94. The van der Waals surface area contributed by atoms with Crippen molar-refractivity contribution in [1.82, 2.24) is 25.6 Å². The van der Waals surface area contributed by atoms with Crippen molar-refractivity contribution in [3.05, 3.63) is 101 Å². The number of nitrogens with zero attached hydrogens (tertiary/aromatic N) is 5.